The van der Waals surface area contributed by atoms with E-state index in [1.165, 1.54) is 6.07 Å². The molecular formula is C18H23F2NO4. The molecule has 0 aromatic heterocycles. The fraction of sp³-hybridized carbons (Fsp3) is 0.556. The zero-order valence-electron chi connectivity index (χ0n) is 14.7. The lowest BCUT2D eigenvalue weighted by atomic mass is 9.88. The molecule has 1 amide bonds. The molecule has 0 radical (unpaired) electrons. The maximum absolute atomic E-state index is 14.1. The largest absolute Gasteiger partial charge is 0.481 e. The van der Waals surface area contributed by atoms with E-state index in [2.05, 4.69) is 5.32 Å². The Morgan fingerprint density at radius 3 is 2.44 bits per heavy atom. The highest BCUT2D eigenvalue weighted by atomic mass is 19.1. The molecule has 7 heteroatoms. The second kappa shape index (κ2) is 6.61. The fourth-order valence-electron chi connectivity index (χ4n) is 3.38. The minimum absolute atomic E-state index is 0.128. The SMILES string of the molecule is CC(C)(C)OC(=O)N[C@]1(C)C[C@@H](C(=O)O)[C@H](c2ccc(F)cc2F)C1. The van der Waals surface area contributed by atoms with Crippen molar-refractivity contribution in [3.63, 3.8) is 0 Å². The summed E-state index contributed by atoms with van der Waals surface area (Å²) in [5.41, 5.74) is -1.41. The molecule has 1 aromatic carbocycles. The van der Waals surface area contributed by atoms with Crippen molar-refractivity contribution in [2.75, 3.05) is 0 Å². The van der Waals surface area contributed by atoms with Crippen LogP contribution < -0.4 is 5.32 Å². The summed E-state index contributed by atoms with van der Waals surface area (Å²) in [5, 5.41) is 12.2. The molecule has 3 atom stereocenters. The summed E-state index contributed by atoms with van der Waals surface area (Å²) >= 11 is 0. The molecule has 1 saturated carbocycles. The standard InChI is InChI=1S/C18H23F2NO4/c1-17(2,3)25-16(24)21-18(4)8-12(13(9-18)15(22)23)11-6-5-10(19)7-14(11)20/h5-7,12-13H,8-9H2,1-4H3,(H,21,24)(H,22,23)/t12-,13+,18-/m0/s1. The van der Waals surface area contributed by atoms with Crippen molar-refractivity contribution < 1.29 is 28.2 Å². The van der Waals surface area contributed by atoms with E-state index in [9.17, 15) is 23.5 Å². The van der Waals surface area contributed by atoms with Crippen LogP contribution in [0.5, 0.6) is 0 Å². The lowest BCUT2D eigenvalue weighted by Gasteiger charge is -2.28. The lowest BCUT2D eigenvalue weighted by molar-refractivity contribution is -0.142. The first-order valence-electron chi connectivity index (χ1n) is 8.09. The monoisotopic (exact) mass is 355 g/mol. The zero-order valence-corrected chi connectivity index (χ0v) is 14.7. The van der Waals surface area contributed by atoms with Gasteiger partial charge >= 0.3 is 12.1 Å². The van der Waals surface area contributed by atoms with Gasteiger partial charge in [0.25, 0.3) is 0 Å². The smallest absolute Gasteiger partial charge is 0.408 e. The Bertz CT molecular complexity index is 686. The second-order valence-electron chi connectivity index (χ2n) is 7.81. The number of amides is 1. The highest BCUT2D eigenvalue weighted by Crippen LogP contribution is 2.46. The maximum Gasteiger partial charge on any atom is 0.408 e. The zero-order chi connectivity index (χ0) is 19.0. The molecule has 0 unspecified atom stereocenters. The average Bonchev–Trinajstić information content (AvgIpc) is 2.74. The molecule has 1 aliphatic carbocycles. The normalized spacial score (nSPS) is 26.3. The summed E-state index contributed by atoms with van der Waals surface area (Å²) in [6.45, 7) is 6.87. The van der Waals surface area contributed by atoms with Gasteiger partial charge in [0.15, 0.2) is 0 Å². The Hall–Kier alpha value is -2.18. The van der Waals surface area contributed by atoms with Crippen molar-refractivity contribution in [2.45, 2.75) is 57.6 Å². The molecule has 1 fully saturated rings. The third kappa shape index (κ3) is 4.67. The Labute approximate surface area is 145 Å². The van der Waals surface area contributed by atoms with Crippen molar-refractivity contribution in [1.82, 2.24) is 5.32 Å². The van der Waals surface area contributed by atoms with Gasteiger partial charge in [0, 0.05) is 17.5 Å². The first-order chi connectivity index (χ1) is 11.4. The van der Waals surface area contributed by atoms with E-state index in [0.29, 0.717) is 0 Å². The predicted octanol–water partition coefficient (Wildman–Crippen LogP) is 3.83. The minimum Gasteiger partial charge on any atom is -0.481 e. The Kier molecular flexibility index (Phi) is 5.06. The number of halogens is 2. The quantitative estimate of drug-likeness (QED) is 0.864. The van der Waals surface area contributed by atoms with Gasteiger partial charge in [-0.05, 0) is 52.2 Å². The number of carbonyl (C=O) groups excluding carboxylic acids is 1. The molecule has 1 aromatic rings. The van der Waals surface area contributed by atoms with Gasteiger partial charge in [-0.15, -0.1) is 0 Å². The van der Waals surface area contributed by atoms with Crippen LogP contribution in [-0.4, -0.2) is 28.3 Å². The van der Waals surface area contributed by atoms with Gasteiger partial charge < -0.3 is 15.2 Å². The topological polar surface area (TPSA) is 75.6 Å². The number of carboxylic acids is 1. The molecule has 5 nitrogen and oxygen atoms in total. The molecule has 0 bridgehead atoms. The highest BCUT2D eigenvalue weighted by Gasteiger charge is 2.48. The average molecular weight is 355 g/mol. The van der Waals surface area contributed by atoms with Crippen LogP contribution in [0.1, 0.15) is 52.0 Å². The van der Waals surface area contributed by atoms with E-state index >= 15 is 0 Å². The number of rotatable bonds is 3. The van der Waals surface area contributed by atoms with Gasteiger partial charge in [0.2, 0.25) is 0 Å². The molecule has 0 heterocycles. The van der Waals surface area contributed by atoms with Crippen molar-refractivity contribution in [2.24, 2.45) is 5.92 Å². The molecule has 2 rings (SSSR count). The summed E-state index contributed by atoms with van der Waals surface area (Å²) in [6, 6.07) is 3.12. The minimum atomic E-state index is -1.08. The molecule has 2 N–H and O–H groups in total. The van der Waals surface area contributed by atoms with Gasteiger partial charge in [-0.1, -0.05) is 6.07 Å². The number of nitrogens with one attached hydrogen (secondary N) is 1. The van der Waals surface area contributed by atoms with Gasteiger partial charge in [-0.25, -0.2) is 13.6 Å². The van der Waals surface area contributed by atoms with Crippen LogP contribution in [0, 0.1) is 17.6 Å². The third-order valence-corrected chi connectivity index (χ3v) is 4.31. The second-order valence-corrected chi connectivity index (χ2v) is 7.81. The van der Waals surface area contributed by atoms with Crippen molar-refractivity contribution >= 4 is 12.1 Å². The third-order valence-electron chi connectivity index (χ3n) is 4.31. The molecule has 138 valence electrons. The van der Waals surface area contributed by atoms with Crippen molar-refractivity contribution in [1.29, 1.82) is 0 Å². The summed E-state index contributed by atoms with van der Waals surface area (Å²) in [6.07, 6.45) is -0.311. The first-order valence-corrected chi connectivity index (χ1v) is 8.09. The lowest BCUT2D eigenvalue weighted by Crippen LogP contribution is -2.46. The predicted molar refractivity (Wildman–Crippen MR) is 87.2 cm³/mol. The van der Waals surface area contributed by atoms with E-state index in [1.54, 1.807) is 27.7 Å². The number of hydrogen-bond acceptors (Lipinski definition) is 3. The van der Waals surface area contributed by atoms with Gasteiger partial charge in [-0.3, -0.25) is 4.79 Å². The van der Waals surface area contributed by atoms with Gasteiger partial charge in [0.05, 0.1) is 5.92 Å². The van der Waals surface area contributed by atoms with Crippen LogP contribution in [0.15, 0.2) is 18.2 Å². The van der Waals surface area contributed by atoms with Gasteiger partial charge in [-0.2, -0.15) is 0 Å². The number of aliphatic carboxylic acids is 1. The molecular weight excluding hydrogens is 332 g/mol. The van der Waals surface area contributed by atoms with E-state index in [-0.39, 0.29) is 18.4 Å². The molecule has 0 spiro atoms. The van der Waals surface area contributed by atoms with Crippen LogP contribution in [0.3, 0.4) is 0 Å². The Balaban J connectivity index is 2.24. The summed E-state index contributed by atoms with van der Waals surface area (Å²) < 4.78 is 32.5. The van der Waals surface area contributed by atoms with E-state index in [1.807, 2.05) is 0 Å². The number of ether oxygens (including phenoxy) is 1. The molecule has 0 saturated heterocycles. The summed E-state index contributed by atoms with van der Waals surface area (Å²) in [4.78, 5) is 23.7. The first kappa shape index (κ1) is 19.1. The summed E-state index contributed by atoms with van der Waals surface area (Å²) in [5.74, 6) is -4.14. The maximum atomic E-state index is 14.1. The Morgan fingerprint density at radius 1 is 1.28 bits per heavy atom. The van der Waals surface area contributed by atoms with Crippen LogP contribution in [0.4, 0.5) is 13.6 Å². The number of carbonyl (C=O) groups is 2. The van der Waals surface area contributed by atoms with E-state index in [4.69, 9.17) is 4.74 Å². The van der Waals surface area contributed by atoms with Crippen molar-refractivity contribution in [3.05, 3.63) is 35.4 Å². The van der Waals surface area contributed by atoms with E-state index in [0.717, 1.165) is 12.1 Å². The number of hydrogen-bond donors (Lipinski definition) is 2. The van der Waals surface area contributed by atoms with Crippen LogP contribution in [-0.2, 0) is 9.53 Å². The number of alkyl carbamates (subject to hydrolysis) is 1. The fourth-order valence-corrected chi connectivity index (χ4v) is 3.38. The van der Waals surface area contributed by atoms with Crippen molar-refractivity contribution in [3.8, 4) is 0 Å². The van der Waals surface area contributed by atoms with Crippen LogP contribution in [0.25, 0.3) is 0 Å². The van der Waals surface area contributed by atoms with E-state index < -0.39 is 46.7 Å². The molecule has 1 aliphatic rings. The van der Waals surface area contributed by atoms with Gasteiger partial charge in [0.1, 0.15) is 17.2 Å². The Morgan fingerprint density at radius 2 is 1.92 bits per heavy atom. The highest BCUT2D eigenvalue weighted by molar-refractivity contribution is 5.74. The van der Waals surface area contributed by atoms with Crippen LogP contribution in [0.2, 0.25) is 0 Å². The molecule has 0 aliphatic heterocycles. The number of carboxylic acid groups (broad SMARTS) is 1. The molecule has 25 heavy (non-hydrogen) atoms. The van der Waals surface area contributed by atoms with Crippen LogP contribution >= 0.6 is 0 Å². The number of benzene rings is 1. The summed E-state index contributed by atoms with van der Waals surface area (Å²) in [7, 11) is 0.